The molecule has 0 amide bonds. The first-order chi connectivity index (χ1) is 6.08. The number of aliphatic hydroxyl groups is 1. The van der Waals surface area contributed by atoms with Crippen LogP contribution in [-0.2, 0) is 0 Å². The average Bonchev–Trinajstić information content (AvgIpc) is 2.09. The fourth-order valence-electron chi connectivity index (χ4n) is 2.34. The van der Waals surface area contributed by atoms with E-state index in [1.54, 1.807) is 0 Å². The van der Waals surface area contributed by atoms with Gasteiger partial charge in [-0.1, -0.05) is 13.8 Å². The van der Waals surface area contributed by atoms with Crippen LogP contribution in [0.4, 0.5) is 0 Å². The van der Waals surface area contributed by atoms with Gasteiger partial charge in [0.2, 0.25) is 0 Å². The van der Waals surface area contributed by atoms with Crippen molar-refractivity contribution in [2.75, 3.05) is 0 Å². The van der Waals surface area contributed by atoms with Gasteiger partial charge in [0, 0.05) is 6.42 Å². The molecule has 74 valence electrons. The lowest BCUT2D eigenvalue weighted by atomic mass is 9.70. The average molecular weight is 180 g/mol. The quantitative estimate of drug-likeness (QED) is 0.648. The Hall–Kier alpha value is -0.480. The molecule has 0 bridgehead atoms. The van der Waals surface area contributed by atoms with Crippen molar-refractivity contribution < 1.29 is 5.11 Å². The van der Waals surface area contributed by atoms with E-state index in [0.717, 1.165) is 31.6 Å². The SMILES string of the molecule is C#CCCC1(O)CCC(C)CC1C. The second-order valence-electron chi connectivity index (χ2n) is 4.59. The van der Waals surface area contributed by atoms with Crippen LogP contribution < -0.4 is 0 Å². The summed E-state index contributed by atoms with van der Waals surface area (Å²) in [5, 5.41) is 10.3. The molecule has 0 radical (unpaired) electrons. The van der Waals surface area contributed by atoms with Crippen molar-refractivity contribution in [2.45, 2.75) is 51.6 Å². The Morgan fingerprint density at radius 3 is 2.77 bits per heavy atom. The van der Waals surface area contributed by atoms with Crippen LogP contribution in [0.25, 0.3) is 0 Å². The molecule has 1 rings (SSSR count). The molecule has 0 aromatic carbocycles. The molecule has 0 heterocycles. The van der Waals surface area contributed by atoms with Gasteiger partial charge in [-0.15, -0.1) is 12.3 Å². The third-order valence-corrected chi connectivity index (χ3v) is 3.45. The van der Waals surface area contributed by atoms with Crippen molar-refractivity contribution in [3.05, 3.63) is 0 Å². The predicted molar refractivity (Wildman–Crippen MR) is 55.2 cm³/mol. The summed E-state index contributed by atoms with van der Waals surface area (Å²) < 4.78 is 0. The van der Waals surface area contributed by atoms with Gasteiger partial charge in [-0.3, -0.25) is 0 Å². The van der Waals surface area contributed by atoms with Gasteiger partial charge in [-0.25, -0.2) is 0 Å². The Balaban J connectivity index is 2.52. The van der Waals surface area contributed by atoms with Gasteiger partial charge in [0.1, 0.15) is 0 Å². The zero-order chi connectivity index (χ0) is 9.90. The molecule has 3 atom stereocenters. The number of hydrogen-bond donors (Lipinski definition) is 1. The molecular weight excluding hydrogens is 160 g/mol. The molecule has 0 aliphatic heterocycles. The summed E-state index contributed by atoms with van der Waals surface area (Å²) in [6.45, 7) is 4.41. The first-order valence-corrected chi connectivity index (χ1v) is 5.24. The highest BCUT2D eigenvalue weighted by Crippen LogP contribution is 2.39. The van der Waals surface area contributed by atoms with E-state index in [-0.39, 0.29) is 0 Å². The molecule has 3 unspecified atom stereocenters. The van der Waals surface area contributed by atoms with Crippen LogP contribution in [0.1, 0.15) is 46.0 Å². The molecule has 1 aliphatic carbocycles. The second kappa shape index (κ2) is 4.15. The molecule has 0 aromatic rings. The number of hydrogen-bond acceptors (Lipinski definition) is 1. The molecule has 13 heavy (non-hydrogen) atoms. The van der Waals surface area contributed by atoms with Crippen molar-refractivity contribution in [1.82, 2.24) is 0 Å². The minimum absolute atomic E-state index is 0.407. The first-order valence-electron chi connectivity index (χ1n) is 5.24. The number of rotatable bonds is 2. The summed E-state index contributed by atoms with van der Waals surface area (Å²) in [7, 11) is 0. The van der Waals surface area contributed by atoms with Crippen LogP contribution in [0, 0.1) is 24.2 Å². The van der Waals surface area contributed by atoms with E-state index in [0.29, 0.717) is 12.3 Å². The zero-order valence-corrected chi connectivity index (χ0v) is 8.71. The Labute approximate surface area is 81.5 Å². The maximum Gasteiger partial charge on any atom is 0.0682 e. The molecule has 1 nitrogen and oxygen atoms in total. The van der Waals surface area contributed by atoms with Crippen LogP contribution in [0.2, 0.25) is 0 Å². The molecule has 1 heteroatoms. The van der Waals surface area contributed by atoms with E-state index in [2.05, 4.69) is 19.8 Å². The van der Waals surface area contributed by atoms with Crippen molar-refractivity contribution in [2.24, 2.45) is 11.8 Å². The molecule has 1 fully saturated rings. The van der Waals surface area contributed by atoms with E-state index < -0.39 is 5.60 Å². The maximum absolute atomic E-state index is 10.3. The fraction of sp³-hybridized carbons (Fsp3) is 0.833. The summed E-state index contributed by atoms with van der Waals surface area (Å²) in [5.74, 6) is 3.78. The molecule has 1 N–H and O–H groups in total. The first kappa shape index (κ1) is 10.6. The van der Waals surface area contributed by atoms with E-state index in [9.17, 15) is 5.11 Å². The van der Waals surface area contributed by atoms with Crippen LogP contribution in [0.3, 0.4) is 0 Å². The number of terminal acetylenes is 1. The molecule has 0 aromatic heterocycles. The lowest BCUT2D eigenvalue weighted by molar-refractivity contribution is -0.0579. The lowest BCUT2D eigenvalue weighted by Crippen LogP contribution is -2.41. The van der Waals surface area contributed by atoms with E-state index in [4.69, 9.17) is 6.42 Å². The Morgan fingerprint density at radius 2 is 2.23 bits per heavy atom. The largest absolute Gasteiger partial charge is 0.390 e. The third kappa shape index (κ3) is 2.48. The van der Waals surface area contributed by atoms with Gasteiger partial charge in [0.15, 0.2) is 0 Å². The van der Waals surface area contributed by atoms with Gasteiger partial charge < -0.3 is 5.11 Å². The van der Waals surface area contributed by atoms with Crippen molar-refractivity contribution in [3.63, 3.8) is 0 Å². The summed E-state index contributed by atoms with van der Waals surface area (Å²) >= 11 is 0. The fourth-order valence-corrected chi connectivity index (χ4v) is 2.34. The summed E-state index contributed by atoms with van der Waals surface area (Å²) in [5.41, 5.74) is -0.473. The minimum atomic E-state index is -0.473. The summed E-state index contributed by atoms with van der Waals surface area (Å²) in [4.78, 5) is 0. The standard InChI is InChI=1S/C12H20O/c1-4-5-7-12(13)8-6-10(2)9-11(12)3/h1,10-11,13H,5-9H2,2-3H3. The Kier molecular flexibility index (Phi) is 3.39. The van der Waals surface area contributed by atoms with E-state index in [1.165, 1.54) is 0 Å². The van der Waals surface area contributed by atoms with E-state index >= 15 is 0 Å². The lowest BCUT2D eigenvalue weighted by Gasteiger charge is -2.40. The molecule has 1 saturated carbocycles. The highest BCUT2D eigenvalue weighted by atomic mass is 16.3. The predicted octanol–water partition coefficient (Wildman–Crippen LogP) is 2.59. The van der Waals surface area contributed by atoms with Crippen LogP contribution in [0.5, 0.6) is 0 Å². The summed E-state index contributed by atoms with van der Waals surface area (Å²) in [6, 6.07) is 0. The highest BCUT2D eigenvalue weighted by Gasteiger charge is 2.37. The van der Waals surface area contributed by atoms with Crippen molar-refractivity contribution in [3.8, 4) is 12.3 Å². The van der Waals surface area contributed by atoms with Gasteiger partial charge in [-0.05, 0) is 37.5 Å². The monoisotopic (exact) mass is 180 g/mol. The van der Waals surface area contributed by atoms with Crippen LogP contribution >= 0.6 is 0 Å². The zero-order valence-electron chi connectivity index (χ0n) is 8.71. The maximum atomic E-state index is 10.3. The minimum Gasteiger partial charge on any atom is -0.390 e. The van der Waals surface area contributed by atoms with E-state index in [1.807, 2.05) is 0 Å². The normalized spacial score (nSPS) is 39.8. The van der Waals surface area contributed by atoms with Crippen LogP contribution in [-0.4, -0.2) is 10.7 Å². The molecule has 0 spiro atoms. The van der Waals surface area contributed by atoms with Gasteiger partial charge in [0.25, 0.3) is 0 Å². The van der Waals surface area contributed by atoms with Gasteiger partial charge >= 0.3 is 0 Å². The van der Waals surface area contributed by atoms with Gasteiger partial charge in [-0.2, -0.15) is 0 Å². The Bertz CT molecular complexity index is 204. The second-order valence-corrected chi connectivity index (χ2v) is 4.59. The topological polar surface area (TPSA) is 20.2 Å². The van der Waals surface area contributed by atoms with Gasteiger partial charge in [0.05, 0.1) is 5.60 Å². The van der Waals surface area contributed by atoms with Crippen molar-refractivity contribution >= 4 is 0 Å². The molecule has 0 saturated heterocycles. The van der Waals surface area contributed by atoms with Crippen molar-refractivity contribution in [1.29, 1.82) is 0 Å². The van der Waals surface area contributed by atoms with Crippen LogP contribution in [0.15, 0.2) is 0 Å². The summed E-state index contributed by atoms with van der Waals surface area (Å²) in [6.07, 6.45) is 9.91. The Morgan fingerprint density at radius 1 is 1.54 bits per heavy atom. The third-order valence-electron chi connectivity index (χ3n) is 3.45. The highest BCUT2D eigenvalue weighted by molar-refractivity contribution is 4.94. The molecule has 1 aliphatic rings. The smallest absolute Gasteiger partial charge is 0.0682 e. The molecular formula is C12H20O.